The van der Waals surface area contributed by atoms with Crippen LogP contribution in [0.3, 0.4) is 0 Å². The van der Waals surface area contributed by atoms with Crippen LogP contribution in [0.25, 0.3) is 0 Å². The molecule has 1 aliphatic rings. The average molecular weight is 279 g/mol. The van der Waals surface area contributed by atoms with Crippen molar-refractivity contribution in [3.05, 3.63) is 28.3 Å². The van der Waals surface area contributed by atoms with E-state index in [1.165, 1.54) is 0 Å². The van der Waals surface area contributed by atoms with E-state index in [4.69, 9.17) is 4.74 Å². The summed E-state index contributed by atoms with van der Waals surface area (Å²) in [4.78, 5) is 10.9. The molecule has 0 aliphatic heterocycles. The quantitative estimate of drug-likeness (QED) is 0.640. The van der Waals surface area contributed by atoms with Gasteiger partial charge in [0.1, 0.15) is 11.4 Å². The molecule has 2 unspecified atom stereocenters. The summed E-state index contributed by atoms with van der Waals surface area (Å²) in [6, 6.07) is 5.42. The van der Waals surface area contributed by atoms with Crippen LogP contribution in [0.2, 0.25) is 0 Å². The number of anilines is 2. The molecule has 1 aromatic rings. The highest BCUT2D eigenvalue weighted by Crippen LogP contribution is 2.45. The zero-order valence-electron chi connectivity index (χ0n) is 12.3. The number of hydrogen-bond acceptors (Lipinski definition) is 5. The summed E-state index contributed by atoms with van der Waals surface area (Å²) in [6.45, 7) is 4.21. The van der Waals surface area contributed by atoms with Crippen molar-refractivity contribution in [2.75, 3.05) is 24.8 Å². The van der Waals surface area contributed by atoms with Crippen LogP contribution in [-0.2, 0) is 4.74 Å². The van der Waals surface area contributed by atoms with E-state index in [0.29, 0.717) is 11.4 Å². The molecule has 20 heavy (non-hydrogen) atoms. The Morgan fingerprint density at radius 1 is 1.40 bits per heavy atom. The highest BCUT2D eigenvalue weighted by atomic mass is 16.6. The Hall–Kier alpha value is -1.82. The number of benzene rings is 1. The number of para-hydroxylation sites is 1. The van der Waals surface area contributed by atoms with Gasteiger partial charge in [-0.2, -0.15) is 0 Å². The summed E-state index contributed by atoms with van der Waals surface area (Å²) >= 11 is 0. The molecule has 6 heteroatoms. The third kappa shape index (κ3) is 2.31. The van der Waals surface area contributed by atoms with Crippen LogP contribution in [0.5, 0.6) is 0 Å². The van der Waals surface area contributed by atoms with Crippen molar-refractivity contribution < 1.29 is 9.66 Å². The van der Waals surface area contributed by atoms with Gasteiger partial charge in [-0.05, 0) is 18.6 Å². The van der Waals surface area contributed by atoms with E-state index >= 15 is 0 Å². The van der Waals surface area contributed by atoms with Gasteiger partial charge in [-0.25, -0.2) is 0 Å². The number of nitrogens with zero attached hydrogens (tertiary/aromatic N) is 1. The van der Waals surface area contributed by atoms with Gasteiger partial charge in [0.05, 0.1) is 11.0 Å². The summed E-state index contributed by atoms with van der Waals surface area (Å²) in [5.74, 6) is 0. The third-order valence-corrected chi connectivity index (χ3v) is 4.28. The first kappa shape index (κ1) is 14.6. The minimum atomic E-state index is -0.354. The predicted octanol–water partition coefficient (Wildman–Crippen LogP) is 2.86. The molecule has 1 fully saturated rings. The summed E-state index contributed by atoms with van der Waals surface area (Å²) in [6.07, 6.45) is 1.04. The standard InChI is InChI=1S/C14H21N3O3/c1-14(2)11(8-12(14)20-4)16-10-7-5-6-9(15-3)13(10)17(18)19/h5-7,11-12,15-16H,8H2,1-4H3. The van der Waals surface area contributed by atoms with Crippen molar-refractivity contribution in [3.8, 4) is 0 Å². The molecule has 0 radical (unpaired) electrons. The molecule has 1 aromatic carbocycles. The Bertz CT molecular complexity index is 516. The van der Waals surface area contributed by atoms with E-state index in [9.17, 15) is 10.1 Å². The van der Waals surface area contributed by atoms with Gasteiger partial charge in [-0.15, -0.1) is 0 Å². The second-order valence-electron chi connectivity index (χ2n) is 5.69. The van der Waals surface area contributed by atoms with Gasteiger partial charge in [0.15, 0.2) is 0 Å². The zero-order chi connectivity index (χ0) is 14.9. The minimum absolute atomic E-state index is 0.0434. The lowest BCUT2D eigenvalue weighted by atomic mass is 9.64. The van der Waals surface area contributed by atoms with Crippen molar-refractivity contribution in [2.45, 2.75) is 32.4 Å². The number of hydrogen-bond donors (Lipinski definition) is 2. The molecule has 1 aliphatic carbocycles. The highest BCUT2D eigenvalue weighted by molar-refractivity contribution is 5.76. The van der Waals surface area contributed by atoms with Gasteiger partial charge in [-0.1, -0.05) is 19.9 Å². The van der Waals surface area contributed by atoms with Crippen LogP contribution >= 0.6 is 0 Å². The van der Waals surface area contributed by atoms with Crippen molar-refractivity contribution in [1.82, 2.24) is 0 Å². The highest BCUT2D eigenvalue weighted by Gasteiger charge is 2.49. The first-order chi connectivity index (χ1) is 9.41. The normalized spacial score (nSPS) is 23.8. The Labute approximate surface area is 118 Å². The van der Waals surface area contributed by atoms with Crippen molar-refractivity contribution in [1.29, 1.82) is 0 Å². The lowest BCUT2D eigenvalue weighted by Gasteiger charge is -2.51. The molecular weight excluding hydrogens is 258 g/mol. The van der Waals surface area contributed by atoms with Gasteiger partial charge in [0, 0.05) is 25.6 Å². The average Bonchev–Trinajstić information content (AvgIpc) is 2.42. The largest absolute Gasteiger partial charge is 0.382 e. The first-order valence-electron chi connectivity index (χ1n) is 6.66. The monoisotopic (exact) mass is 279 g/mol. The van der Waals surface area contributed by atoms with Crippen LogP contribution < -0.4 is 10.6 Å². The second kappa shape index (κ2) is 5.28. The lowest BCUT2D eigenvalue weighted by Crippen LogP contribution is -2.57. The van der Waals surface area contributed by atoms with Gasteiger partial charge in [-0.3, -0.25) is 10.1 Å². The predicted molar refractivity (Wildman–Crippen MR) is 79.2 cm³/mol. The number of ether oxygens (including phenoxy) is 1. The number of nitro benzene ring substituents is 1. The fraction of sp³-hybridized carbons (Fsp3) is 0.571. The Kier molecular flexibility index (Phi) is 3.85. The molecular formula is C14H21N3O3. The van der Waals surface area contributed by atoms with Gasteiger partial charge in [0.2, 0.25) is 0 Å². The van der Waals surface area contributed by atoms with Crippen molar-refractivity contribution >= 4 is 17.1 Å². The molecule has 0 amide bonds. The molecule has 0 aromatic heterocycles. The first-order valence-corrected chi connectivity index (χ1v) is 6.66. The van der Waals surface area contributed by atoms with E-state index in [0.717, 1.165) is 6.42 Å². The fourth-order valence-electron chi connectivity index (χ4n) is 2.78. The molecule has 6 nitrogen and oxygen atoms in total. The molecule has 0 spiro atoms. The summed E-state index contributed by atoms with van der Waals surface area (Å²) in [5, 5.41) is 17.4. The van der Waals surface area contributed by atoms with Crippen molar-refractivity contribution in [2.24, 2.45) is 5.41 Å². The van der Waals surface area contributed by atoms with E-state index in [2.05, 4.69) is 24.5 Å². The SMILES string of the molecule is CNc1cccc(NC2CC(OC)C2(C)C)c1[N+](=O)[O-]. The Morgan fingerprint density at radius 3 is 2.55 bits per heavy atom. The molecule has 110 valence electrons. The van der Waals surface area contributed by atoms with Crippen LogP contribution in [-0.4, -0.2) is 31.2 Å². The topological polar surface area (TPSA) is 76.4 Å². The maximum absolute atomic E-state index is 11.3. The molecule has 2 rings (SSSR count). The van der Waals surface area contributed by atoms with Gasteiger partial charge >= 0.3 is 5.69 Å². The molecule has 2 atom stereocenters. The van der Waals surface area contributed by atoms with Gasteiger partial charge < -0.3 is 15.4 Å². The van der Waals surface area contributed by atoms with E-state index < -0.39 is 0 Å². The molecule has 0 bridgehead atoms. The van der Waals surface area contributed by atoms with Crippen LogP contribution in [0.15, 0.2) is 18.2 Å². The zero-order valence-corrected chi connectivity index (χ0v) is 12.3. The fourth-order valence-corrected chi connectivity index (χ4v) is 2.78. The maximum Gasteiger partial charge on any atom is 0.315 e. The Balaban J connectivity index is 2.25. The summed E-state index contributed by atoms with van der Waals surface area (Å²) in [7, 11) is 3.38. The minimum Gasteiger partial charge on any atom is -0.382 e. The summed E-state index contributed by atoms with van der Waals surface area (Å²) in [5.41, 5.74) is 1.11. The number of rotatable bonds is 5. The second-order valence-corrected chi connectivity index (χ2v) is 5.69. The van der Waals surface area contributed by atoms with E-state index in [1.54, 1.807) is 32.4 Å². The molecule has 1 saturated carbocycles. The van der Waals surface area contributed by atoms with E-state index in [-0.39, 0.29) is 28.2 Å². The molecule has 0 saturated heterocycles. The third-order valence-electron chi connectivity index (χ3n) is 4.28. The molecule has 0 heterocycles. The Morgan fingerprint density at radius 2 is 2.05 bits per heavy atom. The maximum atomic E-state index is 11.3. The number of methoxy groups -OCH3 is 1. The summed E-state index contributed by atoms with van der Waals surface area (Å²) < 4.78 is 5.41. The van der Waals surface area contributed by atoms with Gasteiger partial charge in [0.25, 0.3) is 0 Å². The van der Waals surface area contributed by atoms with Crippen molar-refractivity contribution in [3.63, 3.8) is 0 Å². The smallest absolute Gasteiger partial charge is 0.315 e. The van der Waals surface area contributed by atoms with Crippen LogP contribution in [0, 0.1) is 15.5 Å². The lowest BCUT2D eigenvalue weighted by molar-refractivity contribution is -0.383. The van der Waals surface area contributed by atoms with Crippen LogP contribution in [0.1, 0.15) is 20.3 Å². The number of nitro groups is 1. The number of nitrogens with one attached hydrogen (secondary N) is 2. The van der Waals surface area contributed by atoms with E-state index in [1.807, 2.05) is 0 Å². The van der Waals surface area contributed by atoms with Crippen LogP contribution in [0.4, 0.5) is 17.1 Å². The molecule has 2 N–H and O–H groups in total.